The summed E-state index contributed by atoms with van der Waals surface area (Å²) in [7, 11) is 0. The van der Waals surface area contributed by atoms with Gasteiger partial charge >= 0.3 is 0 Å². The molecule has 0 aliphatic carbocycles. The summed E-state index contributed by atoms with van der Waals surface area (Å²) >= 11 is 0. The molecule has 0 N–H and O–H groups in total. The molecular weight excluding hydrogens is 202 g/mol. The Morgan fingerprint density at radius 2 is 2.31 bits per heavy atom. The molecule has 16 heavy (non-hydrogen) atoms. The third-order valence-electron chi connectivity index (χ3n) is 3.31. The van der Waals surface area contributed by atoms with Gasteiger partial charge in [-0.25, -0.2) is 0 Å². The molecule has 1 aliphatic heterocycles. The maximum Gasteiger partial charge on any atom is 0.289 e. The Balaban J connectivity index is 2.14. The molecule has 1 unspecified atom stereocenters. The summed E-state index contributed by atoms with van der Waals surface area (Å²) in [4.78, 5) is 14.2. The predicted octanol–water partition coefficient (Wildman–Crippen LogP) is 2.93. The second-order valence-electron chi connectivity index (χ2n) is 4.78. The Morgan fingerprint density at radius 1 is 1.50 bits per heavy atom. The van der Waals surface area contributed by atoms with Gasteiger partial charge in [0.25, 0.3) is 5.91 Å². The van der Waals surface area contributed by atoms with E-state index in [9.17, 15) is 4.79 Å². The van der Waals surface area contributed by atoms with E-state index in [1.54, 1.807) is 18.4 Å². The van der Waals surface area contributed by atoms with E-state index in [0.717, 1.165) is 19.4 Å². The molecule has 2 heterocycles. The zero-order valence-electron chi connectivity index (χ0n) is 9.98. The molecule has 88 valence electrons. The average Bonchev–Trinajstić information content (AvgIpc) is 2.81. The highest BCUT2D eigenvalue weighted by Crippen LogP contribution is 2.24. The van der Waals surface area contributed by atoms with Crippen LogP contribution in [0.15, 0.2) is 22.8 Å². The Hall–Kier alpha value is -1.25. The zero-order chi connectivity index (χ0) is 11.5. The van der Waals surface area contributed by atoms with Crippen molar-refractivity contribution >= 4 is 5.91 Å². The summed E-state index contributed by atoms with van der Waals surface area (Å²) < 4.78 is 5.19. The fourth-order valence-electron chi connectivity index (χ4n) is 2.44. The zero-order valence-corrected chi connectivity index (χ0v) is 9.98. The minimum atomic E-state index is 0.0448. The van der Waals surface area contributed by atoms with Crippen LogP contribution in [0, 0.1) is 5.92 Å². The molecule has 1 aliphatic rings. The molecule has 1 fully saturated rings. The Morgan fingerprint density at radius 3 is 2.94 bits per heavy atom. The van der Waals surface area contributed by atoms with Crippen LogP contribution >= 0.6 is 0 Å². The largest absolute Gasteiger partial charge is 0.459 e. The number of furan rings is 1. The molecule has 1 saturated heterocycles. The van der Waals surface area contributed by atoms with Gasteiger partial charge in [-0.3, -0.25) is 4.79 Å². The Bertz CT molecular complexity index is 343. The van der Waals surface area contributed by atoms with Crippen molar-refractivity contribution in [3.63, 3.8) is 0 Å². The SMILES string of the molecule is CC(C)C1CCCCN1C(=O)c1ccco1. The summed E-state index contributed by atoms with van der Waals surface area (Å²) in [6.45, 7) is 5.22. The predicted molar refractivity (Wildman–Crippen MR) is 62.2 cm³/mol. The quantitative estimate of drug-likeness (QED) is 0.769. The van der Waals surface area contributed by atoms with Gasteiger partial charge in [0.05, 0.1) is 6.26 Å². The van der Waals surface area contributed by atoms with E-state index in [0.29, 0.717) is 17.7 Å². The number of likely N-dealkylation sites (tertiary alicyclic amines) is 1. The second kappa shape index (κ2) is 4.73. The van der Waals surface area contributed by atoms with E-state index in [1.807, 2.05) is 4.90 Å². The first-order valence-electron chi connectivity index (χ1n) is 6.04. The minimum Gasteiger partial charge on any atom is -0.459 e. The van der Waals surface area contributed by atoms with Gasteiger partial charge in [0, 0.05) is 12.6 Å². The first-order valence-corrected chi connectivity index (χ1v) is 6.04. The molecule has 0 bridgehead atoms. The molecule has 1 amide bonds. The maximum atomic E-state index is 12.2. The summed E-state index contributed by atoms with van der Waals surface area (Å²) in [6, 6.07) is 3.88. The van der Waals surface area contributed by atoms with Crippen molar-refractivity contribution in [3.05, 3.63) is 24.2 Å². The molecule has 1 atom stereocenters. The Kier molecular flexibility index (Phi) is 3.32. The van der Waals surface area contributed by atoms with Crippen LogP contribution < -0.4 is 0 Å². The van der Waals surface area contributed by atoms with Crippen LogP contribution in [0.2, 0.25) is 0 Å². The van der Waals surface area contributed by atoms with E-state index in [1.165, 1.54) is 6.42 Å². The van der Waals surface area contributed by atoms with Crippen molar-refractivity contribution in [2.75, 3.05) is 6.54 Å². The van der Waals surface area contributed by atoms with Crippen LogP contribution in [-0.4, -0.2) is 23.4 Å². The number of rotatable bonds is 2. The molecule has 0 radical (unpaired) electrons. The van der Waals surface area contributed by atoms with Crippen molar-refractivity contribution in [2.24, 2.45) is 5.92 Å². The molecule has 0 aromatic carbocycles. The maximum absolute atomic E-state index is 12.2. The van der Waals surface area contributed by atoms with Crippen molar-refractivity contribution in [1.29, 1.82) is 0 Å². The highest BCUT2D eigenvalue weighted by molar-refractivity contribution is 5.91. The smallest absolute Gasteiger partial charge is 0.289 e. The summed E-state index contributed by atoms with van der Waals surface area (Å²) in [5.74, 6) is 1.02. The minimum absolute atomic E-state index is 0.0448. The fraction of sp³-hybridized carbons (Fsp3) is 0.615. The number of hydrogen-bond donors (Lipinski definition) is 0. The molecule has 0 spiro atoms. The third kappa shape index (κ3) is 2.13. The molecule has 2 rings (SSSR count). The molecule has 3 nitrogen and oxygen atoms in total. The number of nitrogens with zero attached hydrogens (tertiary/aromatic N) is 1. The van der Waals surface area contributed by atoms with Crippen molar-refractivity contribution < 1.29 is 9.21 Å². The highest BCUT2D eigenvalue weighted by atomic mass is 16.3. The second-order valence-corrected chi connectivity index (χ2v) is 4.78. The highest BCUT2D eigenvalue weighted by Gasteiger charge is 2.30. The third-order valence-corrected chi connectivity index (χ3v) is 3.31. The van der Waals surface area contributed by atoms with Crippen LogP contribution in [0.5, 0.6) is 0 Å². The molecule has 1 aromatic heterocycles. The fourth-order valence-corrected chi connectivity index (χ4v) is 2.44. The topological polar surface area (TPSA) is 33.5 Å². The lowest BCUT2D eigenvalue weighted by molar-refractivity contribution is 0.0511. The lowest BCUT2D eigenvalue weighted by Gasteiger charge is -2.37. The molecule has 3 heteroatoms. The average molecular weight is 221 g/mol. The molecule has 1 aromatic rings. The molecule has 0 saturated carbocycles. The monoisotopic (exact) mass is 221 g/mol. The summed E-state index contributed by atoms with van der Waals surface area (Å²) in [5.41, 5.74) is 0. The van der Waals surface area contributed by atoms with Crippen LogP contribution in [0.3, 0.4) is 0 Å². The van der Waals surface area contributed by atoms with Gasteiger partial charge in [0.2, 0.25) is 0 Å². The van der Waals surface area contributed by atoms with Crippen LogP contribution in [0.1, 0.15) is 43.7 Å². The van der Waals surface area contributed by atoms with Gasteiger partial charge in [-0.2, -0.15) is 0 Å². The van der Waals surface area contributed by atoms with Crippen LogP contribution in [0.4, 0.5) is 0 Å². The van der Waals surface area contributed by atoms with Gasteiger partial charge in [0.1, 0.15) is 0 Å². The first kappa shape index (κ1) is 11.2. The van der Waals surface area contributed by atoms with Gasteiger partial charge in [0.15, 0.2) is 5.76 Å². The Labute approximate surface area is 96.4 Å². The van der Waals surface area contributed by atoms with E-state index in [-0.39, 0.29) is 5.91 Å². The lowest BCUT2D eigenvalue weighted by Crippen LogP contribution is -2.46. The number of piperidine rings is 1. The van der Waals surface area contributed by atoms with Crippen LogP contribution in [-0.2, 0) is 0 Å². The van der Waals surface area contributed by atoms with E-state index < -0.39 is 0 Å². The van der Waals surface area contributed by atoms with E-state index >= 15 is 0 Å². The number of hydrogen-bond acceptors (Lipinski definition) is 2. The van der Waals surface area contributed by atoms with Crippen molar-refractivity contribution in [2.45, 2.75) is 39.2 Å². The van der Waals surface area contributed by atoms with Gasteiger partial charge in [-0.1, -0.05) is 13.8 Å². The standard InChI is InChI=1S/C13H19NO2/c1-10(2)11-6-3-4-8-14(11)13(15)12-7-5-9-16-12/h5,7,9-11H,3-4,6,8H2,1-2H3. The first-order chi connectivity index (χ1) is 7.70. The normalized spacial score (nSPS) is 21.4. The number of carbonyl (C=O) groups is 1. The summed E-state index contributed by atoms with van der Waals surface area (Å²) in [5, 5.41) is 0. The van der Waals surface area contributed by atoms with E-state index in [2.05, 4.69) is 13.8 Å². The number of amides is 1. The van der Waals surface area contributed by atoms with Crippen molar-refractivity contribution in [1.82, 2.24) is 4.90 Å². The molecular formula is C13H19NO2. The van der Waals surface area contributed by atoms with Crippen molar-refractivity contribution in [3.8, 4) is 0 Å². The van der Waals surface area contributed by atoms with Gasteiger partial charge in [-0.15, -0.1) is 0 Å². The number of carbonyl (C=O) groups excluding carboxylic acids is 1. The van der Waals surface area contributed by atoms with Crippen LogP contribution in [0.25, 0.3) is 0 Å². The van der Waals surface area contributed by atoms with Gasteiger partial charge < -0.3 is 9.32 Å². The van der Waals surface area contributed by atoms with E-state index in [4.69, 9.17) is 4.42 Å². The summed E-state index contributed by atoms with van der Waals surface area (Å²) in [6.07, 6.45) is 5.01. The lowest BCUT2D eigenvalue weighted by atomic mass is 9.92. The van der Waals surface area contributed by atoms with Gasteiger partial charge in [-0.05, 0) is 37.3 Å².